The van der Waals surface area contributed by atoms with Crippen LogP contribution in [0.5, 0.6) is 5.75 Å². The molecule has 178 valence electrons. The number of anilines is 1. The minimum atomic E-state index is -4.57. The number of halogens is 6. The molecule has 3 aromatic rings. The van der Waals surface area contributed by atoms with Gasteiger partial charge < -0.3 is 9.64 Å². The first kappa shape index (κ1) is 24.0. The number of carbonyl (C=O) groups excluding carboxylic acids is 1. The number of ether oxygens (including phenoxy) is 1. The van der Waals surface area contributed by atoms with Crippen molar-refractivity contribution in [3.63, 3.8) is 0 Å². The summed E-state index contributed by atoms with van der Waals surface area (Å²) in [7, 11) is 0. The summed E-state index contributed by atoms with van der Waals surface area (Å²) in [6.07, 6.45) is -4.57. The Morgan fingerprint density at radius 2 is 1.68 bits per heavy atom. The van der Waals surface area contributed by atoms with Gasteiger partial charge in [-0.15, -0.1) is 0 Å². The zero-order valence-corrected chi connectivity index (χ0v) is 18.9. The fourth-order valence-corrected chi connectivity index (χ4v) is 4.25. The van der Waals surface area contributed by atoms with E-state index < -0.39 is 28.8 Å². The Hall–Kier alpha value is -3.13. The van der Waals surface area contributed by atoms with Crippen LogP contribution < -0.4 is 9.64 Å². The number of nitrogens with zero attached hydrogens (tertiary/aromatic N) is 1. The van der Waals surface area contributed by atoms with Crippen LogP contribution >= 0.6 is 11.6 Å². The van der Waals surface area contributed by atoms with Crippen molar-refractivity contribution in [2.75, 3.05) is 4.90 Å². The Morgan fingerprint density at radius 1 is 1.00 bits per heavy atom. The van der Waals surface area contributed by atoms with Gasteiger partial charge in [0, 0.05) is 22.3 Å². The van der Waals surface area contributed by atoms with Crippen LogP contribution in [0, 0.1) is 11.6 Å². The zero-order chi connectivity index (χ0) is 24.8. The van der Waals surface area contributed by atoms with E-state index in [1.807, 2.05) is 0 Å². The molecule has 0 fully saturated rings. The molecule has 0 aliphatic carbocycles. The van der Waals surface area contributed by atoms with Gasteiger partial charge in [-0.1, -0.05) is 23.7 Å². The highest BCUT2D eigenvalue weighted by atomic mass is 35.5. The standard InChI is InChI=1S/C25H19ClF5NO2/c1-24(2)19-7-6-15(25(29,30)31)10-21(19)32(23(24)33)12-18-20(26)4-3-5-22(18)34-13-14-8-16(27)11-17(28)9-14/h3-11H,12-13H2,1-2H3. The third kappa shape index (κ3) is 4.46. The molecule has 9 heteroatoms. The molecule has 1 aliphatic rings. The van der Waals surface area contributed by atoms with Crippen LogP contribution in [-0.4, -0.2) is 5.91 Å². The van der Waals surface area contributed by atoms with Crippen LogP contribution in [0.25, 0.3) is 0 Å². The molecular formula is C25H19ClF5NO2. The van der Waals surface area contributed by atoms with Gasteiger partial charge in [0.15, 0.2) is 0 Å². The van der Waals surface area contributed by atoms with Gasteiger partial charge in [0.1, 0.15) is 24.0 Å². The molecule has 1 heterocycles. The number of benzene rings is 3. The van der Waals surface area contributed by atoms with E-state index in [1.54, 1.807) is 32.0 Å². The average Bonchev–Trinajstić information content (AvgIpc) is 2.93. The van der Waals surface area contributed by atoms with Gasteiger partial charge >= 0.3 is 6.18 Å². The quantitative estimate of drug-likeness (QED) is 0.355. The second-order valence-electron chi connectivity index (χ2n) is 8.53. The van der Waals surface area contributed by atoms with Crippen molar-refractivity contribution in [3.8, 4) is 5.75 Å². The minimum Gasteiger partial charge on any atom is -0.488 e. The fourth-order valence-electron chi connectivity index (χ4n) is 4.02. The van der Waals surface area contributed by atoms with Gasteiger partial charge in [-0.25, -0.2) is 8.78 Å². The molecule has 3 nitrogen and oxygen atoms in total. The summed E-state index contributed by atoms with van der Waals surface area (Å²) >= 11 is 6.37. The lowest BCUT2D eigenvalue weighted by atomic mass is 9.86. The largest absolute Gasteiger partial charge is 0.488 e. The number of hydrogen-bond donors (Lipinski definition) is 0. The number of rotatable bonds is 5. The molecule has 4 rings (SSSR count). The summed E-state index contributed by atoms with van der Waals surface area (Å²) in [5, 5.41) is 0.231. The van der Waals surface area contributed by atoms with Crippen LogP contribution in [0.1, 0.15) is 36.1 Å². The highest BCUT2D eigenvalue weighted by Gasteiger charge is 2.45. The van der Waals surface area contributed by atoms with Crippen molar-refractivity contribution in [3.05, 3.63) is 93.5 Å². The van der Waals surface area contributed by atoms with Gasteiger partial charge in [0.05, 0.1) is 17.5 Å². The summed E-state index contributed by atoms with van der Waals surface area (Å²) in [4.78, 5) is 14.5. The Balaban J connectivity index is 1.69. The molecule has 0 atom stereocenters. The molecule has 0 bridgehead atoms. The highest BCUT2D eigenvalue weighted by molar-refractivity contribution is 6.31. The lowest BCUT2D eigenvalue weighted by Crippen LogP contribution is -2.35. The zero-order valence-electron chi connectivity index (χ0n) is 18.1. The van der Waals surface area contributed by atoms with E-state index >= 15 is 0 Å². The van der Waals surface area contributed by atoms with Crippen LogP contribution in [0.2, 0.25) is 5.02 Å². The number of amides is 1. The first-order valence-electron chi connectivity index (χ1n) is 10.3. The smallest absolute Gasteiger partial charge is 0.416 e. The summed E-state index contributed by atoms with van der Waals surface area (Å²) in [5.74, 6) is -1.66. The number of hydrogen-bond acceptors (Lipinski definition) is 2. The first-order chi connectivity index (χ1) is 15.9. The van der Waals surface area contributed by atoms with E-state index in [2.05, 4.69) is 0 Å². The second kappa shape index (κ2) is 8.58. The van der Waals surface area contributed by atoms with Crippen molar-refractivity contribution in [1.29, 1.82) is 0 Å². The van der Waals surface area contributed by atoms with Crippen molar-refractivity contribution in [1.82, 2.24) is 0 Å². The van der Waals surface area contributed by atoms with E-state index in [1.165, 1.54) is 11.0 Å². The number of carbonyl (C=O) groups is 1. The molecule has 3 aromatic carbocycles. The maximum atomic E-state index is 13.5. The Labute approximate surface area is 197 Å². The van der Waals surface area contributed by atoms with E-state index in [9.17, 15) is 26.7 Å². The first-order valence-corrected chi connectivity index (χ1v) is 10.6. The van der Waals surface area contributed by atoms with Gasteiger partial charge in [-0.3, -0.25) is 4.79 Å². The molecule has 0 saturated carbocycles. The van der Waals surface area contributed by atoms with Gasteiger partial charge in [0.2, 0.25) is 5.91 Å². The predicted octanol–water partition coefficient (Wildman–Crippen LogP) is 7.04. The number of fused-ring (bicyclic) bond motifs is 1. The normalized spacial score (nSPS) is 14.9. The topological polar surface area (TPSA) is 29.5 Å². The third-order valence-corrected chi connectivity index (χ3v) is 6.13. The summed E-state index contributed by atoms with van der Waals surface area (Å²) in [5.41, 5.74) is -0.706. The average molecular weight is 496 g/mol. The van der Waals surface area contributed by atoms with Gasteiger partial charge in [0.25, 0.3) is 0 Å². The second-order valence-corrected chi connectivity index (χ2v) is 8.94. The van der Waals surface area contributed by atoms with Gasteiger partial charge in [-0.05, 0) is 61.4 Å². The van der Waals surface area contributed by atoms with E-state index in [-0.39, 0.29) is 41.1 Å². The molecular weight excluding hydrogens is 477 g/mol. The monoisotopic (exact) mass is 495 g/mol. The molecule has 0 N–H and O–H groups in total. The maximum Gasteiger partial charge on any atom is 0.416 e. The van der Waals surface area contributed by atoms with Crippen LogP contribution in [-0.2, 0) is 29.5 Å². The van der Waals surface area contributed by atoms with Crippen molar-refractivity contribution in [2.24, 2.45) is 0 Å². The highest BCUT2D eigenvalue weighted by Crippen LogP contribution is 2.45. The molecule has 0 aromatic heterocycles. The van der Waals surface area contributed by atoms with Gasteiger partial charge in [-0.2, -0.15) is 13.2 Å². The van der Waals surface area contributed by atoms with Crippen LogP contribution in [0.15, 0.2) is 54.6 Å². The van der Waals surface area contributed by atoms with Crippen LogP contribution in [0.3, 0.4) is 0 Å². The summed E-state index contributed by atoms with van der Waals surface area (Å²) in [6, 6.07) is 10.9. The minimum absolute atomic E-state index is 0.142. The lowest BCUT2D eigenvalue weighted by Gasteiger charge is -2.23. The summed E-state index contributed by atoms with van der Waals surface area (Å²) in [6.45, 7) is 2.95. The molecule has 0 saturated heterocycles. The predicted molar refractivity (Wildman–Crippen MR) is 118 cm³/mol. The Morgan fingerprint density at radius 3 is 2.32 bits per heavy atom. The van der Waals surface area contributed by atoms with Crippen LogP contribution in [0.4, 0.5) is 27.6 Å². The van der Waals surface area contributed by atoms with Crippen molar-refractivity contribution < 1.29 is 31.5 Å². The number of alkyl halides is 3. The van der Waals surface area contributed by atoms with E-state index in [4.69, 9.17) is 16.3 Å². The van der Waals surface area contributed by atoms with Crippen molar-refractivity contribution >= 4 is 23.2 Å². The SMILES string of the molecule is CC1(C)C(=O)N(Cc2c(Cl)cccc2OCc2cc(F)cc(F)c2)c2cc(C(F)(F)F)ccc21. The molecule has 0 radical (unpaired) electrons. The Kier molecular flexibility index (Phi) is 6.06. The molecule has 1 amide bonds. The lowest BCUT2D eigenvalue weighted by molar-refractivity contribution is -0.137. The molecule has 1 aliphatic heterocycles. The third-order valence-electron chi connectivity index (χ3n) is 5.78. The van der Waals surface area contributed by atoms with E-state index in [0.717, 1.165) is 30.3 Å². The fraction of sp³-hybridized carbons (Fsp3) is 0.240. The summed E-state index contributed by atoms with van der Waals surface area (Å²) < 4.78 is 72.8. The van der Waals surface area contributed by atoms with E-state index in [0.29, 0.717) is 11.1 Å². The van der Waals surface area contributed by atoms with Crippen molar-refractivity contribution in [2.45, 2.75) is 38.6 Å². The molecule has 34 heavy (non-hydrogen) atoms. The molecule has 0 unspecified atom stereocenters. The maximum absolute atomic E-state index is 13.5. The molecule has 0 spiro atoms. The Bertz CT molecular complexity index is 1250.